The average Bonchev–Trinajstić information content (AvgIpc) is 3.77. The van der Waals surface area contributed by atoms with E-state index < -0.39 is 0 Å². The average molecular weight is 772 g/mol. The number of rotatable bonds is 5. The van der Waals surface area contributed by atoms with Crippen LogP contribution >= 0.6 is 0 Å². The van der Waals surface area contributed by atoms with Gasteiger partial charge in [0.1, 0.15) is 5.82 Å². The van der Waals surface area contributed by atoms with Crippen molar-refractivity contribution in [3.05, 3.63) is 116 Å². The SMILES string of the molecule is CC(C)(C)c1ccnc(-n2c3[c-]c(Oc4[c-]c(N5[CH-]N(C6CCCC6)c6cnccc65)ccc4)ccc3c3ccccc32)c1.[Pt]. The van der Waals surface area contributed by atoms with E-state index in [1.54, 1.807) is 0 Å². The van der Waals surface area contributed by atoms with Crippen molar-refractivity contribution in [2.75, 3.05) is 9.80 Å². The van der Waals surface area contributed by atoms with Crippen LogP contribution < -0.4 is 14.5 Å². The molecule has 0 unspecified atom stereocenters. The molecular weight excluding hydrogens is 738 g/mol. The van der Waals surface area contributed by atoms with E-state index in [0.717, 1.165) is 44.7 Å². The number of ether oxygens (including phenoxy) is 1. The molecule has 8 rings (SSSR count). The van der Waals surface area contributed by atoms with Crippen LogP contribution in [0.15, 0.2) is 91.4 Å². The van der Waals surface area contributed by atoms with Gasteiger partial charge in [0.15, 0.2) is 0 Å². The van der Waals surface area contributed by atoms with Gasteiger partial charge in [0.05, 0.1) is 0 Å². The molecule has 230 valence electrons. The number of hydrogen-bond donors (Lipinski definition) is 0. The Labute approximate surface area is 278 Å². The molecule has 0 saturated heterocycles. The Bertz CT molecular complexity index is 2010. The zero-order chi connectivity index (χ0) is 29.8. The number of fused-ring (bicyclic) bond motifs is 4. The molecule has 1 saturated carbocycles. The van der Waals surface area contributed by atoms with Gasteiger partial charge >= 0.3 is 0 Å². The molecule has 1 fully saturated rings. The third-order valence-electron chi connectivity index (χ3n) is 8.90. The molecule has 0 N–H and O–H groups in total. The largest absolute Gasteiger partial charge is 0.509 e. The summed E-state index contributed by atoms with van der Waals surface area (Å²) >= 11 is 0. The molecule has 45 heavy (non-hydrogen) atoms. The van der Waals surface area contributed by atoms with Crippen LogP contribution in [0.5, 0.6) is 11.5 Å². The summed E-state index contributed by atoms with van der Waals surface area (Å²) in [5, 5.41) is 2.27. The molecule has 4 heterocycles. The topological polar surface area (TPSA) is 46.4 Å². The predicted molar refractivity (Wildman–Crippen MR) is 177 cm³/mol. The number of anilines is 3. The van der Waals surface area contributed by atoms with Crippen LogP contribution in [0.2, 0.25) is 0 Å². The first-order chi connectivity index (χ1) is 21.4. The van der Waals surface area contributed by atoms with Crippen LogP contribution in [-0.4, -0.2) is 20.6 Å². The third kappa shape index (κ3) is 5.29. The zero-order valence-corrected chi connectivity index (χ0v) is 27.9. The summed E-state index contributed by atoms with van der Waals surface area (Å²) < 4.78 is 8.64. The maximum absolute atomic E-state index is 6.45. The van der Waals surface area contributed by atoms with Crippen molar-refractivity contribution in [3.8, 4) is 17.3 Å². The quantitative estimate of drug-likeness (QED) is 0.164. The van der Waals surface area contributed by atoms with Gasteiger partial charge in [-0.1, -0.05) is 57.3 Å². The first-order valence-electron chi connectivity index (χ1n) is 15.4. The minimum absolute atomic E-state index is 0. The van der Waals surface area contributed by atoms with Crippen molar-refractivity contribution >= 4 is 38.9 Å². The summed E-state index contributed by atoms with van der Waals surface area (Å²) in [4.78, 5) is 13.8. The maximum Gasteiger partial charge on any atom is 0.135 e. The molecule has 6 nitrogen and oxygen atoms in total. The van der Waals surface area contributed by atoms with Crippen molar-refractivity contribution in [1.82, 2.24) is 14.5 Å². The molecule has 0 bridgehead atoms. The Morgan fingerprint density at radius 2 is 1.67 bits per heavy atom. The number of aromatic nitrogens is 3. The molecule has 6 aromatic rings. The van der Waals surface area contributed by atoms with Crippen LogP contribution in [0, 0.1) is 18.8 Å². The number of benzene rings is 3. The van der Waals surface area contributed by atoms with Crippen molar-refractivity contribution < 1.29 is 25.8 Å². The first kappa shape index (κ1) is 29.6. The van der Waals surface area contributed by atoms with Gasteiger partial charge in [-0.3, -0.25) is 4.98 Å². The fraction of sp³-hybridized carbons (Fsp3) is 0.237. The van der Waals surface area contributed by atoms with E-state index in [4.69, 9.17) is 9.72 Å². The second-order valence-electron chi connectivity index (χ2n) is 12.8. The fourth-order valence-corrected chi connectivity index (χ4v) is 6.63. The maximum atomic E-state index is 6.45. The second kappa shape index (κ2) is 11.6. The Hall–Kier alpha value is -4.15. The molecule has 7 heteroatoms. The van der Waals surface area contributed by atoms with Crippen LogP contribution in [0.25, 0.3) is 27.6 Å². The molecule has 2 aliphatic rings. The van der Waals surface area contributed by atoms with Crippen LogP contribution in [-0.2, 0) is 26.5 Å². The van der Waals surface area contributed by atoms with E-state index in [1.807, 2.05) is 36.8 Å². The Balaban J connectivity index is 0.00000325. The molecular formula is C38H34N5OPt-3. The molecule has 1 aliphatic carbocycles. The Morgan fingerprint density at radius 1 is 0.844 bits per heavy atom. The molecule has 0 radical (unpaired) electrons. The minimum Gasteiger partial charge on any atom is -0.509 e. The Kier molecular flexibility index (Phi) is 7.65. The van der Waals surface area contributed by atoms with E-state index in [2.05, 4.69) is 114 Å². The summed E-state index contributed by atoms with van der Waals surface area (Å²) in [6, 6.07) is 32.6. The van der Waals surface area contributed by atoms with Gasteiger partial charge < -0.3 is 19.1 Å². The second-order valence-corrected chi connectivity index (χ2v) is 12.8. The summed E-state index contributed by atoms with van der Waals surface area (Å²) in [6.07, 6.45) is 10.7. The van der Waals surface area contributed by atoms with Crippen LogP contribution in [0.4, 0.5) is 17.1 Å². The zero-order valence-electron chi connectivity index (χ0n) is 25.6. The van der Waals surface area contributed by atoms with Gasteiger partial charge in [0.25, 0.3) is 0 Å². The molecule has 0 atom stereocenters. The van der Waals surface area contributed by atoms with Gasteiger partial charge in [0.2, 0.25) is 0 Å². The van der Waals surface area contributed by atoms with E-state index in [-0.39, 0.29) is 26.5 Å². The standard InChI is InChI=1S/C38H34N5O.Pt/c1-38(2,3)26-17-20-40-37(21-26)43-33-14-7-6-13-31(33)32-16-15-30(23-35(32)43)44-29-12-8-11-28(22-29)42-25-41(27-9-4-5-10-27)36-24-39-19-18-34(36)42;/h6-8,11-21,24-25,27H,4-5,9-10H2,1-3H3;/q-3;. The predicted octanol–water partition coefficient (Wildman–Crippen LogP) is 9.28. The molecule has 1 aliphatic heterocycles. The van der Waals surface area contributed by atoms with Gasteiger partial charge in [0, 0.05) is 74.1 Å². The van der Waals surface area contributed by atoms with Gasteiger partial charge in [-0.25, -0.2) is 4.98 Å². The van der Waals surface area contributed by atoms with E-state index in [0.29, 0.717) is 17.5 Å². The first-order valence-corrected chi connectivity index (χ1v) is 15.4. The molecule has 3 aromatic heterocycles. The van der Waals surface area contributed by atoms with Gasteiger partial charge in [-0.15, -0.1) is 41.4 Å². The monoisotopic (exact) mass is 771 g/mol. The summed E-state index contributed by atoms with van der Waals surface area (Å²) in [7, 11) is 0. The molecule has 3 aromatic carbocycles. The van der Waals surface area contributed by atoms with Crippen molar-refractivity contribution in [2.24, 2.45) is 0 Å². The normalized spacial score (nSPS) is 15.1. The molecule has 0 amide bonds. The summed E-state index contributed by atoms with van der Waals surface area (Å²) in [5.41, 5.74) is 6.45. The van der Waals surface area contributed by atoms with Gasteiger partial charge in [-0.05, 0) is 53.5 Å². The number of nitrogens with zero attached hydrogens (tertiary/aromatic N) is 5. The summed E-state index contributed by atoms with van der Waals surface area (Å²) in [5.74, 6) is 2.14. The van der Waals surface area contributed by atoms with Crippen molar-refractivity contribution in [3.63, 3.8) is 0 Å². The Morgan fingerprint density at radius 3 is 2.51 bits per heavy atom. The molecule has 0 spiro atoms. The third-order valence-corrected chi connectivity index (χ3v) is 8.90. The van der Waals surface area contributed by atoms with E-state index in [9.17, 15) is 0 Å². The van der Waals surface area contributed by atoms with Gasteiger partial charge in [-0.2, -0.15) is 18.8 Å². The van der Waals surface area contributed by atoms with Crippen LogP contribution in [0.1, 0.15) is 52.0 Å². The van der Waals surface area contributed by atoms with Crippen LogP contribution in [0.3, 0.4) is 0 Å². The number of hydrogen-bond acceptors (Lipinski definition) is 5. The number of para-hydroxylation sites is 1. The van der Waals surface area contributed by atoms with E-state index in [1.165, 1.54) is 31.2 Å². The van der Waals surface area contributed by atoms with E-state index >= 15 is 0 Å². The van der Waals surface area contributed by atoms with Crippen molar-refractivity contribution in [1.29, 1.82) is 0 Å². The van der Waals surface area contributed by atoms with Crippen molar-refractivity contribution in [2.45, 2.75) is 57.9 Å². The summed E-state index contributed by atoms with van der Waals surface area (Å²) in [6.45, 7) is 8.88. The smallest absolute Gasteiger partial charge is 0.135 e. The minimum atomic E-state index is 0. The fourth-order valence-electron chi connectivity index (χ4n) is 6.63. The number of pyridine rings is 2.